The van der Waals surface area contributed by atoms with Crippen LogP contribution in [0.25, 0.3) is 76.9 Å². The normalized spacial score (nSPS) is 11.7. The van der Waals surface area contributed by atoms with Crippen LogP contribution < -0.4 is 4.90 Å². The zero-order valence-corrected chi connectivity index (χ0v) is 26.5. The molecule has 0 unspecified atom stereocenters. The summed E-state index contributed by atoms with van der Waals surface area (Å²) in [7, 11) is 0. The highest BCUT2D eigenvalue weighted by Crippen LogP contribution is 2.45. The number of benzene rings is 8. The molecule has 3 nitrogen and oxygen atoms in total. The van der Waals surface area contributed by atoms with Crippen LogP contribution in [0.2, 0.25) is 0 Å². The number of fused-ring (bicyclic) bond motifs is 8. The molecular weight excluding hydrogens is 599 g/mol. The summed E-state index contributed by atoms with van der Waals surface area (Å²) in [4.78, 5) is 2.35. The standard InChI is InChI=1S/C46H29NO2/c1-2-11-30(12-3-1)33-14-8-15-35(29-33)47(41-20-10-22-43-44(41)40-28-25-31-13-4-5-16-36(31)46(40)49-43)34-26-23-32(24-27-34)37-18-9-19-39-38-17-6-7-21-42(38)48-45(37)39/h1-29H. The molecule has 0 spiro atoms. The van der Waals surface area contributed by atoms with Gasteiger partial charge in [0.1, 0.15) is 22.3 Å². The van der Waals surface area contributed by atoms with E-state index in [1.165, 1.54) is 5.56 Å². The third-order valence-electron chi connectivity index (χ3n) is 9.66. The summed E-state index contributed by atoms with van der Waals surface area (Å²) in [6.45, 7) is 0. The lowest BCUT2D eigenvalue weighted by atomic mass is 10.0. The van der Waals surface area contributed by atoms with Crippen LogP contribution in [0.15, 0.2) is 185 Å². The Morgan fingerprint density at radius 1 is 0.367 bits per heavy atom. The maximum Gasteiger partial charge on any atom is 0.143 e. The zero-order chi connectivity index (χ0) is 32.3. The summed E-state index contributed by atoms with van der Waals surface area (Å²) >= 11 is 0. The molecule has 2 heterocycles. The van der Waals surface area contributed by atoms with Gasteiger partial charge in [0, 0.05) is 38.5 Å². The van der Waals surface area contributed by atoms with Crippen LogP contribution in [-0.4, -0.2) is 0 Å². The Balaban J connectivity index is 1.18. The van der Waals surface area contributed by atoms with E-state index < -0.39 is 0 Å². The lowest BCUT2D eigenvalue weighted by Crippen LogP contribution is -2.10. The van der Waals surface area contributed by atoms with Gasteiger partial charge in [-0.2, -0.15) is 0 Å². The number of para-hydroxylation sites is 2. The van der Waals surface area contributed by atoms with Crippen molar-refractivity contribution in [1.82, 2.24) is 0 Å². The number of anilines is 3. The first kappa shape index (κ1) is 27.5. The average molecular weight is 628 g/mol. The molecular formula is C46H29NO2. The molecule has 10 aromatic rings. The molecule has 0 atom stereocenters. The van der Waals surface area contributed by atoms with Crippen molar-refractivity contribution in [2.45, 2.75) is 0 Å². The largest absolute Gasteiger partial charge is 0.455 e. The minimum atomic E-state index is 0.862. The molecule has 0 aliphatic carbocycles. The first-order valence-corrected chi connectivity index (χ1v) is 16.6. The molecule has 230 valence electrons. The number of furan rings is 2. The van der Waals surface area contributed by atoms with E-state index in [1.807, 2.05) is 12.1 Å². The zero-order valence-electron chi connectivity index (χ0n) is 26.5. The maximum atomic E-state index is 6.63. The minimum Gasteiger partial charge on any atom is -0.455 e. The van der Waals surface area contributed by atoms with Crippen molar-refractivity contribution in [1.29, 1.82) is 0 Å². The molecule has 0 saturated heterocycles. The predicted octanol–water partition coefficient (Wildman–Crippen LogP) is 13.4. The Morgan fingerprint density at radius 2 is 1.06 bits per heavy atom. The summed E-state index contributed by atoms with van der Waals surface area (Å²) in [5.41, 5.74) is 11.3. The van der Waals surface area contributed by atoms with Gasteiger partial charge in [-0.3, -0.25) is 0 Å². The van der Waals surface area contributed by atoms with E-state index in [2.05, 4.69) is 169 Å². The van der Waals surface area contributed by atoms with Crippen molar-refractivity contribution in [3.63, 3.8) is 0 Å². The summed E-state index contributed by atoms with van der Waals surface area (Å²) in [5, 5.41) is 6.73. The van der Waals surface area contributed by atoms with Gasteiger partial charge < -0.3 is 13.7 Å². The molecule has 0 bridgehead atoms. The molecule has 49 heavy (non-hydrogen) atoms. The quantitative estimate of drug-likeness (QED) is 0.190. The Kier molecular flexibility index (Phi) is 6.18. The van der Waals surface area contributed by atoms with E-state index in [4.69, 9.17) is 8.83 Å². The van der Waals surface area contributed by atoms with Gasteiger partial charge in [0.05, 0.1) is 11.1 Å². The monoisotopic (exact) mass is 627 g/mol. The van der Waals surface area contributed by atoms with Crippen LogP contribution in [0, 0.1) is 0 Å². The van der Waals surface area contributed by atoms with E-state index in [9.17, 15) is 0 Å². The van der Waals surface area contributed by atoms with Crippen molar-refractivity contribution in [2.75, 3.05) is 4.90 Å². The molecule has 0 aliphatic rings. The molecule has 8 aromatic carbocycles. The SMILES string of the molecule is c1ccc(-c2cccc(N(c3ccc(-c4cccc5c4oc4ccccc45)cc3)c3cccc4oc5c6ccccc6ccc5c34)c2)cc1. The Bertz CT molecular complexity index is 2830. The van der Waals surface area contributed by atoms with Gasteiger partial charge in [-0.05, 0) is 70.6 Å². The van der Waals surface area contributed by atoms with E-state index in [0.29, 0.717) is 0 Å². The summed E-state index contributed by atoms with van der Waals surface area (Å²) in [5.74, 6) is 0. The highest BCUT2D eigenvalue weighted by Gasteiger charge is 2.21. The van der Waals surface area contributed by atoms with Crippen molar-refractivity contribution in [3.05, 3.63) is 176 Å². The fourth-order valence-corrected chi connectivity index (χ4v) is 7.37. The molecule has 0 radical (unpaired) electrons. The second-order valence-corrected chi connectivity index (χ2v) is 12.5. The van der Waals surface area contributed by atoms with Crippen LogP contribution in [0.3, 0.4) is 0 Å². The van der Waals surface area contributed by atoms with Crippen LogP contribution >= 0.6 is 0 Å². The molecule has 2 aromatic heterocycles. The molecule has 0 amide bonds. The average Bonchev–Trinajstić information content (AvgIpc) is 3.75. The highest BCUT2D eigenvalue weighted by atomic mass is 16.3. The number of rotatable bonds is 5. The van der Waals surface area contributed by atoms with Crippen molar-refractivity contribution in [3.8, 4) is 22.3 Å². The number of nitrogens with zero attached hydrogens (tertiary/aromatic N) is 1. The van der Waals surface area contributed by atoms with Gasteiger partial charge in [0.2, 0.25) is 0 Å². The predicted molar refractivity (Wildman–Crippen MR) is 204 cm³/mol. The molecule has 0 fully saturated rings. The van der Waals surface area contributed by atoms with Crippen molar-refractivity contribution >= 4 is 71.7 Å². The molecule has 10 rings (SSSR count). The van der Waals surface area contributed by atoms with E-state index >= 15 is 0 Å². The van der Waals surface area contributed by atoms with Gasteiger partial charge >= 0.3 is 0 Å². The summed E-state index contributed by atoms with van der Waals surface area (Å²) in [6, 6.07) is 62.0. The van der Waals surface area contributed by atoms with Crippen molar-refractivity contribution in [2.24, 2.45) is 0 Å². The topological polar surface area (TPSA) is 29.5 Å². The lowest BCUT2D eigenvalue weighted by Gasteiger charge is -2.27. The molecule has 0 saturated carbocycles. The third-order valence-corrected chi connectivity index (χ3v) is 9.66. The smallest absolute Gasteiger partial charge is 0.143 e. The van der Waals surface area contributed by atoms with Gasteiger partial charge in [-0.1, -0.05) is 127 Å². The van der Waals surface area contributed by atoms with Crippen LogP contribution in [-0.2, 0) is 0 Å². The second kappa shape index (κ2) is 11.0. The summed E-state index contributed by atoms with van der Waals surface area (Å²) in [6.07, 6.45) is 0. The molecule has 0 aliphatic heterocycles. The fourth-order valence-electron chi connectivity index (χ4n) is 7.37. The first-order valence-electron chi connectivity index (χ1n) is 16.6. The molecule has 3 heteroatoms. The van der Waals surface area contributed by atoms with Crippen molar-refractivity contribution < 1.29 is 8.83 Å². The van der Waals surface area contributed by atoms with Gasteiger partial charge in [0.25, 0.3) is 0 Å². The van der Waals surface area contributed by atoms with E-state index in [1.54, 1.807) is 0 Å². The lowest BCUT2D eigenvalue weighted by molar-refractivity contribution is 0.670. The summed E-state index contributed by atoms with van der Waals surface area (Å²) < 4.78 is 13.0. The fraction of sp³-hybridized carbons (Fsp3) is 0. The highest BCUT2D eigenvalue weighted by molar-refractivity contribution is 6.19. The first-order chi connectivity index (χ1) is 24.3. The second-order valence-electron chi connectivity index (χ2n) is 12.5. The Hall–Kier alpha value is -6.58. The van der Waals surface area contributed by atoms with Crippen LogP contribution in [0.5, 0.6) is 0 Å². The van der Waals surface area contributed by atoms with Crippen LogP contribution in [0.4, 0.5) is 17.1 Å². The van der Waals surface area contributed by atoms with E-state index in [0.717, 1.165) is 88.4 Å². The van der Waals surface area contributed by atoms with E-state index in [-0.39, 0.29) is 0 Å². The maximum absolute atomic E-state index is 6.63. The van der Waals surface area contributed by atoms with Gasteiger partial charge in [-0.15, -0.1) is 0 Å². The number of hydrogen-bond donors (Lipinski definition) is 0. The van der Waals surface area contributed by atoms with Gasteiger partial charge in [-0.25, -0.2) is 0 Å². The number of hydrogen-bond acceptors (Lipinski definition) is 3. The van der Waals surface area contributed by atoms with Crippen LogP contribution in [0.1, 0.15) is 0 Å². The Labute approximate surface area is 282 Å². The minimum absolute atomic E-state index is 0.862. The third kappa shape index (κ3) is 4.44. The molecule has 0 N–H and O–H groups in total. The Morgan fingerprint density at radius 3 is 1.96 bits per heavy atom. The van der Waals surface area contributed by atoms with Gasteiger partial charge in [0.15, 0.2) is 0 Å².